The van der Waals surface area contributed by atoms with E-state index in [9.17, 15) is 0 Å². The van der Waals surface area contributed by atoms with Crippen LogP contribution in [0.3, 0.4) is 0 Å². The van der Waals surface area contributed by atoms with Crippen molar-refractivity contribution in [2.24, 2.45) is 0 Å². The molecule has 124 valence electrons. The molecule has 5 nitrogen and oxygen atoms in total. The van der Waals surface area contributed by atoms with Crippen molar-refractivity contribution in [1.29, 1.82) is 0 Å². The lowest BCUT2D eigenvalue weighted by Crippen LogP contribution is -2.28. The average molecular weight is 340 g/mol. The lowest BCUT2D eigenvalue weighted by Gasteiger charge is -2.20. The van der Waals surface area contributed by atoms with Gasteiger partial charge in [0, 0.05) is 24.3 Å². The van der Waals surface area contributed by atoms with E-state index < -0.39 is 0 Å². The number of aromatic nitrogens is 2. The van der Waals surface area contributed by atoms with Crippen molar-refractivity contribution in [2.45, 2.75) is 6.42 Å². The summed E-state index contributed by atoms with van der Waals surface area (Å²) in [5, 5.41) is 4.59. The second kappa shape index (κ2) is 6.75. The molecule has 3 heterocycles. The Morgan fingerprint density at radius 2 is 2.08 bits per heavy atom. The number of ether oxygens (including phenoxy) is 1. The largest absolute Gasteiger partial charge is 0.497 e. The second-order valence-electron chi connectivity index (χ2n) is 5.86. The monoisotopic (exact) mass is 340 g/mol. The van der Waals surface area contributed by atoms with Crippen molar-refractivity contribution in [3.63, 3.8) is 0 Å². The molecule has 0 unspecified atom stereocenters. The van der Waals surface area contributed by atoms with Gasteiger partial charge in [-0.05, 0) is 42.6 Å². The van der Waals surface area contributed by atoms with Crippen LogP contribution in [0, 0.1) is 0 Å². The maximum Gasteiger partial charge on any atom is 0.147 e. The number of benzene rings is 1. The molecule has 0 bridgehead atoms. The molecule has 3 aromatic rings. The summed E-state index contributed by atoms with van der Waals surface area (Å²) >= 11 is 1.73. The molecular weight excluding hydrogens is 320 g/mol. The highest BCUT2D eigenvalue weighted by Crippen LogP contribution is 2.34. The first-order valence-electron chi connectivity index (χ1n) is 8.19. The van der Waals surface area contributed by atoms with E-state index in [1.165, 1.54) is 10.1 Å². The number of nitrogens with zero attached hydrogens (tertiary/aromatic N) is 3. The molecule has 1 N–H and O–H groups in total. The van der Waals surface area contributed by atoms with Crippen LogP contribution < -0.4 is 15.0 Å². The lowest BCUT2D eigenvalue weighted by atomic mass is 10.2. The van der Waals surface area contributed by atoms with Gasteiger partial charge in [-0.1, -0.05) is 0 Å². The topological polar surface area (TPSA) is 50.3 Å². The van der Waals surface area contributed by atoms with Gasteiger partial charge in [0.1, 0.15) is 11.6 Å². The number of hydrogen-bond acceptors (Lipinski definition) is 6. The maximum absolute atomic E-state index is 5.30. The van der Waals surface area contributed by atoms with Crippen molar-refractivity contribution in [3.8, 4) is 16.3 Å². The molecular formula is C18H20N4OS. The van der Waals surface area contributed by atoms with Crippen molar-refractivity contribution < 1.29 is 4.74 Å². The molecule has 0 amide bonds. The number of nitrogens with one attached hydrogen (secondary N) is 1. The Labute approximate surface area is 145 Å². The van der Waals surface area contributed by atoms with Crippen LogP contribution in [0.2, 0.25) is 0 Å². The van der Waals surface area contributed by atoms with E-state index in [1.54, 1.807) is 18.4 Å². The molecule has 0 radical (unpaired) electrons. The van der Waals surface area contributed by atoms with E-state index in [4.69, 9.17) is 4.74 Å². The summed E-state index contributed by atoms with van der Waals surface area (Å²) in [4.78, 5) is 12.7. The fourth-order valence-electron chi connectivity index (χ4n) is 2.96. The van der Waals surface area contributed by atoms with Gasteiger partial charge in [-0.15, -0.1) is 11.3 Å². The Morgan fingerprint density at radius 1 is 1.12 bits per heavy atom. The molecule has 4 rings (SSSR count). The van der Waals surface area contributed by atoms with Crippen LogP contribution in [0.1, 0.15) is 6.42 Å². The first-order valence-corrected chi connectivity index (χ1v) is 9.01. The van der Waals surface area contributed by atoms with Gasteiger partial charge in [-0.2, -0.15) is 0 Å². The van der Waals surface area contributed by atoms with Crippen LogP contribution >= 0.6 is 11.3 Å². The normalized spacial score (nSPS) is 15.5. The van der Waals surface area contributed by atoms with Crippen LogP contribution in [0.4, 0.5) is 5.82 Å². The van der Waals surface area contributed by atoms with E-state index in [1.807, 2.05) is 18.5 Å². The summed E-state index contributed by atoms with van der Waals surface area (Å²) in [6.07, 6.45) is 4.92. The minimum absolute atomic E-state index is 0.878. The third-order valence-electron chi connectivity index (χ3n) is 4.28. The fourth-order valence-corrected chi connectivity index (χ4v) is 3.97. The highest BCUT2D eigenvalue weighted by molar-refractivity contribution is 7.22. The van der Waals surface area contributed by atoms with Crippen LogP contribution in [0.5, 0.6) is 5.75 Å². The van der Waals surface area contributed by atoms with Crippen molar-refractivity contribution in [3.05, 3.63) is 36.7 Å². The summed E-state index contributed by atoms with van der Waals surface area (Å²) in [6, 6.07) is 8.29. The van der Waals surface area contributed by atoms with E-state index >= 15 is 0 Å². The van der Waals surface area contributed by atoms with Crippen LogP contribution in [0.25, 0.3) is 20.7 Å². The van der Waals surface area contributed by atoms with E-state index in [2.05, 4.69) is 38.4 Å². The van der Waals surface area contributed by atoms with Gasteiger partial charge in [0.25, 0.3) is 0 Å². The molecule has 1 fully saturated rings. The zero-order chi connectivity index (χ0) is 16.4. The zero-order valence-electron chi connectivity index (χ0n) is 13.7. The molecule has 1 aliphatic rings. The quantitative estimate of drug-likeness (QED) is 0.794. The Balaban J connectivity index is 1.60. The minimum Gasteiger partial charge on any atom is -0.497 e. The van der Waals surface area contributed by atoms with Gasteiger partial charge in [0.05, 0.1) is 30.1 Å². The molecule has 1 aliphatic heterocycles. The molecule has 0 atom stereocenters. The minimum atomic E-state index is 0.878. The summed E-state index contributed by atoms with van der Waals surface area (Å²) in [7, 11) is 1.69. The van der Waals surface area contributed by atoms with Gasteiger partial charge in [-0.25, -0.2) is 9.97 Å². The predicted octanol–water partition coefficient (Wildman–Crippen LogP) is 3.17. The summed E-state index contributed by atoms with van der Waals surface area (Å²) in [5.74, 6) is 1.84. The fraction of sp³-hybridized carbons (Fsp3) is 0.333. The smallest absolute Gasteiger partial charge is 0.147 e. The number of fused-ring (bicyclic) bond motifs is 1. The second-order valence-corrected chi connectivity index (χ2v) is 6.95. The van der Waals surface area contributed by atoms with Gasteiger partial charge in [0.2, 0.25) is 0 Å². The Bertz CT molecular complexity index is 823. The number of methoxy groups -OCH3 is 1. The van der Waals surface area contributed by atoms with Gasteiger partial charge in [0.15, 0.2) is 0 Å². The van der Waals surface area contributed by atoms with Crippen molar-refractivity contribution in [2.75, 3.05) is 38.2 Å². The molecule has 24 heavy (non-hydrogen) atoms. The maximum atomic E-state index is 5.30. The van der Waals surface area contributed by atoms with Crippen molar-refractivity contribution >= 4 is 27.2 Å². The van der Waals surface area contributed by atoms with Crippen LogP contribution in [0.15, 0.2) is 36.7 Å². The molecule has 0 aliphatic carbocycles. The van der Waals surface area contributed by atoms with Gasteiger partial charge < -0.3 is 15.0 Å². The first kappa shape index (κ1) is 15.4. The third kappa shape index (κ3) is 3.07. The summed E-state index contributed by atoms with van der Waals surface area (Å²) < 4.78 is 6.53. The molecule has 0 spiro atoms. The van der Waals surface area contributed by atoms with Gasteiger partial charge >= 0.3 is 0 Å². The van der Waals surface area contributed by atoms with E-state index in [-0.39, 0.29) is 0 Å². The zero-order valence-corrected chi connectivity index (χ0v) is 14.5. The molecule has 2 aromatic heterocycles. The average Bonchev–Trinajstić information content (AvgIpc) is 2.86. The highest BCUT2D eigenvalue weighted by atomic mass is 32.1. The number of rotatable bonds is 3. The van der Waals surface area contributed by atoms with Crippen LogP contribution in [-0.4, -0.2) is 43.3 Å². The van der Waals surface area contributed by atoms with E-state index in [0.717, 1.165) is 54.7 Å². The summed E-state index contributed by atoms with van der Waals surface area (Å²) in [5.41, 5.74) is 0.923. The number of hydrogen-bond donors (Lipinski definition) is 1. The molecule has 1 saturated heterocycles. The predicted molar refractivity (Wildman–Crippen MR) is 99.1 cm³/mol. The lowest BCUT2D eigenvalue weighted by molar-refractivity contribution is 0.415. The van der Waals surface area contributed by atoms with Crippen LogP contribution in [-0.2, 0) is 0 Å². The Morgan fingerprint density at radius 3 is 2.92 bits per heavy atom. The molecule has 1 aromatic carbocycles. The number of thiophene rings is 1. The highest BCUT2D eigenvalue weighted by Gasteiger charge is 2.12. The SMILES string of the molecule is COc1ccc2sc(-c3cnc(N4CCCNCC4)cn3)cc2c1. The Kier molecular flexibility index (Phi) is 4.32. The van der Waals surface area contributed by atoms with Gasteiger partial charge in [-0.3, -0.25) is 0 Å². The Hall–Kier alpha value is -2.18. The number of anilines is 1. The van der Waals surface area contributed by atoms with E-state index in [0.29, 0.717) is 0 Å². The molecule has 0 saturated carbocycles. The third-order valence-corrected chi connectivity index (χ3v) is 5.42. The summed E-state index contributed by atoms with van der Waals surface area (Å²) in [6.45, 7) is 4.09. The standard InChI is InChI=1S/C18H20N4OS/c1-23-14-3-4-16-13(9-14)10-17(24-16)15-11-21-18(12-20-15)22-7-2-5-19-6-8-22/h3-4,9-12,19H,2,5-8H2,1H3. The van der Waals surface area contributed by atoms with Crippen molar-refractivity contribution in [1.82, 2.24) is 15.3 Å². The molecule has 6 heteroatoms. The first-order chi connectivity index (χ1) is 11.8.